The molecule has 4 heteroatoms. The molecule has 0 aliphatic carbocycles. The second-order valence-electron chi connectivity index (χ2n) is 5.33. The number of nitrogens with one attached hydrogen (secondary N) is 1. The van der Waals surface area contributed by atoms with Crippen LogP contribution in [0, 0.1) is 0 Å². The van der Waals surface area contributed by atoms with Crippen LogP contribution in [0.3, 0.4) is 0 Å². The first kappa shape index (κ1) is 18.1. The van der Waals surface area contributed by atoms with Gasteiger partial charge in [-0.2, -0.15) is 0 Å². The summed E-state index contributed by atoms with van der Waals surface area (Å²) in [5.74, 6) is 0.626. The summed E-state index contributed by atoms with van der Waals surface area (Å²) in [6.45, 7) is 5.61. The van der Waals surface area contributed by atoms with Gasteiger partial charge in [-0.25, -0.2) is 0 Å². The van der Waals surface area contributed by atoms with Crippen molar-refractivity contribution in [1.82, 2.24) is 5.32 Å². The normalized spacial score (nSPS) is 10.8. The van der Waals surface area contributed by atoms with Gasteiger partial charge in [-0.3, -0.25) is 4.79 Å². The molecule has 0 aliphatic heterocycles. The van der Waals surface area contributed by atoms with Gasteiger partial charge < -0.3 is 15.8 Å². The van der Waals surface area contributed by atoms with Gasteiger partial charge in [0.15, 0.2) is 0 Å². The number of nitrogen functional groups attached to an aromatic ring is 1. The molecule has 0 heterocycles. The average Bonchev–Trinajstić information content (AvgIpc) is 2.52. The minimum absolute atomic E-state index is 0.0682. The maximum Gasteiger partial charge on any atom is 0.243 e. The van der Waals surface area contributed by atoms with Gasteiger partial charge in [0, 0.05) is 12.6 Å². The highest BCUT2D eigenvalue weighted by atomic mass is 16.5. The number of benzene rings is 1. The van der Waals surface area contributed by atoms with Gasteiger partial charge in [0.05, 0.1) is 12.3 Å². The lowest BCUT2D eigenvalue weighted by Crippen LogP contribution is -2.21. The standard InChI is InChI=1S/C18H28N2O2/c1-3-5-6-7-12-20-18(21)11-9-15-8-10-17(16(19)14-15)22-13-4-2/h8-11,14H,3-7,12-13,19H2,1-2H3,(H,20,21)/b11-9-. The Hall–Kier alpha value is -1.97. The van der Waals surface area contributed by atoms with E-state index in [9.17, 15) is 4.79 Å². The summed E-state index contributed by atoms with van der Waals surface area (Å²) in [6.07, 6.45) is 8.87. The van der Waals surface area contributed by atoms with Gasteiger partial charge in [0.25, 0.3) is 0 Å². The molecule has 1 aromatic rings. The number of anilines is 1. The van der Waals surface area contributed by atoms with Crippen molar-refractivity contribution >= 4 is 17.7 Å². The molecule has 0 atom stereocenters. The Morgan fingerprint density at radius 3 is 2.73 bits per heavy atom. The van der Waals surface area contributed by atoms with E-state index in [1.54, 1.807) is 12.2 Å². The van der Waals surface area contributed by atoms with Crippen molar-refractivity contribution in [2.24, 2.45) is 0 Å². The molecule has 0 radical (unpaired) electrons. The lowest BCUT2D eigenvalue weighted by molar-refractivity contribution is -0.116. The van der Waals surface area contributed by atoms with E-state index in [1.165, 1.54) is 12.8 Å². The SMILES string of the molecule is CCCCCCNC(=O)/C=C\c1ccc(OCCC)c(N)c1. The van der Waals surface area contributed by atoms with Crippen molar-refractivity contribution < 1.29 is 9.53 Å². The van der Waals surface area contributed by atoms with E-state index < -0.39 is 0 Å². The number of carbonyl (C=O) groups is 1. The predicted molar refractivity (Wildman–Crippen MR) is 92.8 cm³/mol. The molecule has 0 spiro atoms. The zero-order valence-corrected chi connectivity index (χ0v) is 13.7. The van der Waals surface area contributed by atoms with E-state index in [2.05, 4.69) is 12.2 Å². The summed E-state index contributed by atoms with van der Waals surface area (Å²) in [4.78, 5) is 11.7. The summed E-state index contributed by atoms with van der Waals surface area (Å²) in [5.41, 5.74) is 7.42. The maximum atomic E-state index is 11.7. The fourth-order valence-electron chi connectivity index (χ4n) is 2.01. The Balaban J connectivity index is 2.41. The van der Waals surface area contributed by atoms with Crippen molar-refractivity contribution in [3.8, 4) is 5.75 Å². The van der Waals surface area contributed by atoms with Gasteiger partial charge in [-0.15, -0.1) is 0 Å². The minimum atomic E-state index is -0.0682. The number of carbonyl (C=O) groups excluding carboxylic acids is 1. The van der Waals surface area contributed by atoms with Crippen LogP contribution in [0.4, 0.5) is 5.69 Å². The molecule has 122 valence electrons. The molecule has 1 amide bonds. The Morgan fingerprint density at radius 2 is 2.05 bits per heavy atom. The van der Waals surface area contributed by atoms with Crippen LogP contribution >= 0.6 is 0 Å². The summed E-state index contributed by atoms with van der Waals surface area (Å²) >= 11 is 0. The van der Waals surface area contributed by atoms with Crippen LogP contribution < -0.4 is 15.8 Å². The van der Waals surface area contributed by atoms with Crippen LogP contribution in [0.2, 0.25) is 0 Å². The second kappa shape index (κ2) is 10.7. The van der Waals surface area contributed by atoms with Crippen molar-refractivity contribution in [3.63, 3.8) is 0 Å². The molecule has 4 nitrogen and oxygen atoms in total. The number of unbranched alkanes of at least 4 members (excludes halogenated alkanes) is 3. The van der Waals surface area contributed by atoms with Crippen molar-refractivity contribution in [2.45, 2.75) is 46.0 Å². The summed E-state index contributed by atoms with van der Waals surface area (Å²) in [5, 5.41) is 2.88. The van der Waals surface area contributed by atoms with Crippen molar-refractivity contribution in [2.75, 3.05) is 18.9 Å². The van der Waals surface area contributed by atoms with E-state index in [0.717, 1.165) is 31.4 Å². The van der Waals surface area contributed by atoms with Crippen LogP contribution in [0.1, 0.15) is 51.5 Å². The molecular formula is C18H28N2O2. The van der Waals surface area contributed by atoms with E-state index >= 15 is 0 Å². The Labute approximate surface area is 133 Å². The van der Waals surface area contributed by atoms with Crippen LogP contribution in [0.5, 0.6) is 5.75 Å². The Kier molecular flexibility index (Phi) is 8.80. The molecule has 1 aromatic carbocycles. The zero-order chi connectivity index (χ0) is 16.2. The predicted octanol–water partition coefficient (Wildman–Crippen LogP) is 3.77. The van der Waals surface area contributed by atoms with E-state index in [1.807, 2.05) is 25.1 Å². The number of hydrogen-bond acceptors (Lipinski definition) is 3. The third-order valence-electron chi connectivity index (χ3n) is 3.25. The molecule has 0 unspecified atom stereocenters. The summed E-state index contributed by atoms with van der Waals surface area (Å²) < 4.78 is 5.52. The maximum absolute atomic E-state index is 11.7. The van der Waals surface area contributed by atoms with Gasteiger partial charge in [0.2, 0.25) is 5.91 Å². The topological polar surface area (TPSA) is 64.3 Å². The number of amides is 1. The van der Waals surface area contributed by atoms with Crippen molar-refractivity contribution in [1.29, 1.82) is 0 Å². The molecule has 0 fully saturated rings. The molecule has 0 saturated heterocycles. The van der Waals surface area contributed by atoms with Gasteiger partial charge in [-0.05, 0) is 36.6 Å². The van der Waals surface area contributed by atoms with E-state index in [-0.39, 0.29) is 5.91 Å². The van der Waals surface area contributed by atoms with E-state index in [4.69, 9.17) is 10.5 Å². The molecular weight excluding hydrogens is 276 g/mol. The molecule has 0 saturated carbocycles. The monoisotopic (exact) mass is 304 g/mol. The molecule has 0 bridgehead atoms. The minimum Gasteiger partial charge on any atom is -0.491 e. The van der Waals surface area contributed by atoms with Crippen LogP contribution in [0.15, 0.2) is 24.3 Å². The van der Waals surface area contributed by atoms with Gasteiger partial charge in [0.1, 0.15) is 5.75 Å². The molecule has 0 aromatic heterocycles. The average molecular weight is 304 g/mol. The number of nitrogens with two attached hydrogens (primary N) is 1. The largest absolute Gasteiger partial charge is 0.491 e. The highest BCUT2D eigenvalue weighted by Gasteiger charge is 2.01. The fraction of sp³-hybridized carbons (Fsp3) is 0.500. The first-order valence-electron chi connectivity index (χ1n) is 8.15. The number of rotatable bonds is 10. The highest BCUT2D eigenvalue weighted by Crippen LogP contribution is 2.23. The third kappa shape index (κ3) is 7.16. The van der Waals surface area contributed by atoms with E-state index in [0.29, 0.717) is 18.0 Å². The zero-order valence-electron chi connectivity index (χ0n) is 13.7. The van der Waals surface area contributed by atoms with Gasteiger partial charge in [-0.1, -0.05) is 39.2 Å². The first-order chi connectivity index (χ1) is 10.7. The lowest BCUT2D eigenvalue weighted by atomic mass is 10.1. The Bertz CT molecular complexity index is 484. The molecule has 0 aliphatic rings. The van der Waals surface area contributed by atoms with Gasteiger partial charge >= 0.3 is 0 Å². The highest BCUT2D eigenvalue weighted by molar-refractivity contribution is 5.91. The van der Waals surface area contributed by atoms with Crippen LogP contribution in [-0.4, -0.2) is 19.1 Å². The second-order valence-corrected chi connectivity index (χ2v) is 5.33. The van der Waals surface area contributed by atoms with Crippen molar-refractivity contribution in [3.05, 3.63) is 29.8 Å². The smallest absolute Gasteiger partial charge is 0.243 e. The fourth-order valence-corrected chi connectivity index (χ4v) is 2.01. The quantitative estimate of drug-likeness (QED) is 0.393. The summed E-state index contributed by atoms with van der Waals surface area (Å²) in [7, 11) is 0. The molecule has 22 heavy (non-hydrogen) atoms. The molecule has 1 rings (SSSR count). The third-order valence-corrected chi connectivity index (χ3v) is 3.25. The summed E-state index contributed by atoms with van der Waals surface area (Å²) in [6, 6.07) is 5.55. The number of ether oxygens (including phenoxy) is 1. The first-order valence-corrected chi connectivity index (χ1v) is 8.15. The lowest BCUT2D eigenvalue weighted by Gasteiger charge is -2.08. The van der Waals surface area contributed by atoms with Crippen LogP contribution in [0.25, 0.3) is 6.08 Å². The Morgan fingerprint density at radius 1 is 1.23 bits per heavy atom. The van der Waals surface area contributed by atoms with Crippen LogP contribution in [-0.2, 0) is 4.79 Å². The number of hydrogen-bond donors (Lipinski definition) is 2. The molecule has 3 N–H and O–H groups in total.